The zero-order valence-corrected chi connectivity index (χ0v) is 14.8. The minimum absolute atomic E-state index is 0. The second-order valence-electron chi connectivity index (χ2n) is 5.10. The second kappa shape index (κ2) is 8.51. The first-order chi connectivity index (χ1) is 9.22. The number of guanidine groups is 1. The van der Waals surface area contributed by atoms with Crippen LogP contribution in [0.2, 0.25) is 0 Å². The summed E-state index contributed by atoms with van der Waals surface area (Å²) in [6, 6.07) is 4.30. The molecular formula is C14H25IN4O. The highest BCUT2D eigenvalue weighted by Gasteiger charge is 2.25. The minimum Gasteiger partial charge on any atom is -0.468 e. The van der Waals surface area contributed by atoms with Gasteiger partial charge in [0.25, 0.3) is 0 Å². The van der Waals surface area contributed by atoms with E-state index in [4.69, 9.17) is 4.42 Å². The van der Waals surface area contributed by atoms with Crippen LogP contribution < -0.4 is 5.32 Å². The van der Waals surface area contributed by atoms with Crippen LogP contribution in [0.15, 0.2) is 27.8 Å². The molecule has 20 heavy (non-hydrogen) atoms. The third kappa shape index (κ3) is 4.37. The third-order valence-corrected chi connectivity index (χ3v) is 3.54. The Morgan fingerprint density at radius 3 is 2.65 bits per heavy atom. The van der Waals surface area contributed by atoms with Gasteiger partial charge in [0.05, 0.1) is 12.3 Å². The van der Waals surface area contributed by atoms with Gasteiger partial charge in [-0.25, -0.2) is 0 Å². The fourth-order valence-corrected chi connectivity index (χ4v) is 2.57. The Hall–Kier alpha value is -0.760. The van der Waals surface area contributed by atoms with Gasteiger partial charge in [0.1, 0.15) is 5.76 Å². The lowest BCUT2D eigenvalue weighted by molar-refractivity contribution is 0.214. The van der Waals surface area contributed by atoms with E-state index in [2.05, 4.69) is 21.3 Å². The first-order valence-electron chi connectivity index (χ1n) is 6.88. The molecule has 1 aliphatic rings. The number of nitrogens with zero attached hydrogens (tertiary/aromatic N) is 3. The number of nitrogens with one attached hydrogen (secondary N) is 1. The predicted octanol–water partition coefficient (Wildman–Crippen LogP) is 2.17. The molecule has 1 N–H and O–H groups in total. The lowest BCUT2D eigenvalue weighted by Gasteiger charge is -2.27. The molecule has 114 valence electrons. The first kappa shape index (κ1) is 17.3. The van der Waals surface area contributed by atoms with Crippen molar-refractivity contribution in [2.45, 2.75) is 18.9 Å². The number of hydrogen-bond acceptors (Lipinski definition) is 3. The van der Waals surface area contributed by atoms with E-state index >= 15 is 0 Å². The van der Waals surface area contributed by atoms with Crippen molar-refractivity contribution in [3.05, 3.63) is 24.2 Å². The Kier molecular flexibility index (Phi) is 7.36. The highest BCUT2D eigenvalue weighted by molar-refractivity contribution is 14.0. The maximum atomic E-state index is 5.60. The maximum absolute atomic E-state index is 5.60. The van der Waals surface area contributed by atoms with Gasteiger partial charge in [0.15, 0.2) is 5.96 Å². The van der Waals surface area contributed by atoms with Crippen molar-refractivity contribution in [3.8, 4) is 0 Å². The Morgan fingerprint density at radius 2 is 2.15 bits per heavy atom. The van der Waals surface area contributed by atoms with Crippen LogP contribution in [0.5, 0.6) is 0 Å². The molecule has 0 saturated carbocycles. The van der Waals surface area contributed by atoms with Gasteiger partial charge < -0.3 is 14.6 Å². The fraction of sp³-hybridized carbons (Fsp3) is 0.643. The Labute approximate surface area is 138 Å². The molecule has 1 saturated heterocycles. The van der Waals surface area contributed by atoms with Gasteiger partial charge >= 0.3 is 0 Å². The van der Waals surface area contributed by atoms with Gasteiger partial charge in [-0.3, -0.25) is 9.89 Å². The van der Waals surface area contributed by atoms with Crippen LogP contribution in [0.1, 0.15) is 24.6 Å². The van der Waals surface area contributed by atoms with Crippen molar-refractivity contribution in [1.29, 1.82) is 0 Å². The molecule has 6 heteroatoms. The molecule has 1 unspecified atom stereocenters. The van der Waals surface area contributed by atoms with E-state index in [1.807, 2.05) is 25.1 Å². The molecule has 1 aromatic rings. The highest BCUT2D eigenvalue weighted by Crippen LogP contribution is 2.24. The summed E-state index contributed by atoms with van der Waals surface area (Å²) < 4.78 is 5.60. The van der Waals surface area contributed by atoms with Crippen molar-refractivity contribution in [2.75, 3.05) is 40.8 Å². The zero-order chi connectivity index (χ0) is 13.7. The molecule has 0 amide bonds. The highest BCUT2D eigenvalue weighted by atomic mass is 127. The largest absolute Gasteiger partial charge is 0.468 e. The number of furan rings is 1. The van der Waals surface area contributed by atoms with Gasteiger partial charge in [-0.1, -0.05) is 0 Å². The van der Waals surface area contributed by atoms with E-state index < -0.39 is 0 Å². The van der Waals surface area contributed by atoms with Gasteiger partial charge in [-0.2, -0.15) is 0 Å². The summed E-state index contributed by atoms with van der Waals surface area (Å²) in [5.74, 6) is 1.93. The lowest BCUT2D eigenvalue weighted by atomic mass is 10.2. The van der Waals surface area contributed by atoms with Gasteiger partial charge in [0.2, 0.25) is 0 Å². The molecule has 1 aliphatic heterocycles. The molecule has 0 aromatic carbocycles. The minimum atomic E-state index is 0. The monoisotopic (exact) mass is 392 g/mol. The fourth-order valence-electron chi connectivity index (χ4n) is 2.57. The Bertz CT molecular complexity index is 399. The molecule has 1 fully saturated rings. The normalized spacial score (nSPS) is 17.6. The van der Waals surface area contributed by atoms with Gasteiger partial charge in [0, 0.05) is 27.7 Å². The van der Waals surface area contributed by atoms with Crippen molar-refractivity contribution in [1.82, 2.24) is 15.1 Å². The lowest BCUT2D eigenvalue weighted by Crippen LogP contribution is -2.42. The van der Waals surface area contributed by atoms with Crippen molar-refractivity contribution < 1.29 is 4.42 Å². The van der Waals surface area contributed by atoms with E-state index in [1.54, 1.807) is 13.3 Å². The predicted molar refractivity (Wildman–Crippen MR) is 92.7 cm³/mol. The Morgan fingerprint density at radius 1 is 1.45 bits per heavy atom. The molecule has 0 aliphatic carbocycles. The first-order valence-corrected chi connectivity index (χ1v) is 6.88. The summed E-state index contributed by atoms with van der Waals surface area (Å²) in [4.78, 5) is 8.72. The molecule has 1 aromatic heterocycles. The van der Waals surface area contributed by atoms with E-state index in [9.17, 15) is 0 Å². The van der Waals surface area contributed by atoms with Crippen LogP contribution in [0.4, 0.5) is 0 Å². The van der Waals surface area contributed by atoms with E-state index in [0.29, 0.717) is 0 Å². The molecular weight excluding hydrogens is 367 g/mol. The molecule has 0 radical (unpaired) electrons. The molecule has 5 nitrogen and oxygen atoms in total. The van der Waals surface area contributed by atoms with Crippen molar-refractivity contribution in [2.24, 2.45) is 4.99 Å². The van der Waals surface area contributed by atoms with Gasteiger partial charge in [-0.05, 0) is 38.1 Å². The van der Waals surface area contributed by atoms with Crippen molar-refractivity contribution in [3.63, 3.8) is 0 Å². The standard InChI is InChI=1S/C14H24N4O.HI/c1-15-14(17(2)3)16-11-12(13-7-6-10-19-13)18-8-4-5-9-18;/h6-7,10,12H,4-5,8-9,11H2,1-3H3,(H,15,16);1H. The number of hydrogen-bond donors (Lipinski definition) is 1. The Balaban J connectivity index is 0.00000200. The number of aliphatic imine (C=N–C) groups is 1. The van der Waals surface area contributed by atoms with Crippen LogP contribution in [-0.2, 0) is 0 Å². The average molecular weight is 392 g/mol. The number of halogens is 1. The van der Waals surface area contributed by atoms with Crippen molar-refractivity contribution >= 4 is 29.9 Å². The SMILES string of the molecule is CN=C(NCC(c1ccco1)N1CCCC1)N(C)C.I. The van der Waals surface area contributed by atoms with Gasteiger partial charge in [-0.15, -0.1) is 24.0 Å². The summed E-state index contributed by atoms with van der Waals surface area (Å²) in [5, 5.41) is 3.41. The summed E-state index contributed by atoms with van der Waals surface area (Å²) in [5.41, 5.74) is 0. The van der Waals surface area contributed by atoms with E-state index in [-0.39, 0.29) is 30.0 Å². The number of rotatable bonds is 4. The quantitative estimate of drug-likeness (QED) is 0.485. The summed E-state index contributed by atoms with van der Waals surface area (Å²) in [6.45, 7) is 3.11. The van der Waals surface area contributed by atoms with Crippen LogP contribution in [0, 0.1) is 0 Å². The van der Waals surface area contributed by atoms with Crippen LogP contribution in [0.3, 0.4) is 0 Å². The topological polar surface area (TPSA) is 44.0 Å². The molecule has 0 bridgehead atoms. The second-order valence-corrected chi connectivity index (χ2v) is 5.10. The molecule has 0 spiro atoms. The zero-order valence-electron chi connectivity index (χ0n) is 12.5. The van der Waals surface area contributed by atoms with E-state index in [1.165, 1.54) is 12.8 Å². The van der Waals surface area contributed by atoms with Crippen LogP contribution >= 0.6 is 24.0 Å². The third-order valence-electron chi connectivity index (χ3n) is 3.54. The molecule has 2 rings (SSSR count). The van der Waals surface area contributed by atoms with E-state index in [0.717, 1.165) is 31.4 Å². The maximum Gasteiger partial charge on any atom is 0.193 e. The summed E-state index contributed by atoms with van der Waals surface area (Å²) in [6.07, 6.45) is 4.30. The van der Waals surface area contributed by atoms with Crippen LogP contribution in [0.25, 0.3) is 0 Å². The average Bonchev–Trinajstić information content (AvgIpc) is 3.07. The summed E-state index contributed by atoms with van der Waals surface area (Å²) >= 11 is 0. The number of likely N-dealkylation sites (tertiary alicyclic amines) is 1. The molecule has 1 atom stereocenters. The summed E-state index contributed by atoms with van der Waals surface area (Å²) in [7, 11) is 5.79. The smallest absolute Gasteiger partial charge is 0.193 e. The molecule has 2 heterocycles. The van der Waals surface area contributed by atoms with Crippen LogP contribution in [-0.4, -0.2) is 56.5 Å².